The van der Waals surface area contributed by atoms with Gasteiger partial charge in [0.25, 0.3) is 0 Å². The lowest BCUT2D eigenvalue weighted by Crippen LogP contribution is -1.47. The summed E-state index contributed by atoms with van der Waals surface area (Å²) in [6.45, 7) is 4.36. The Morgan fingerprint density at radius 2 is 1.12 bits per heavy atom. The largest absolute Gasteiger partial charge is 0.425 e. The highest BCUT2D eigenvalue weighted by atomic mass is 32.2. The van der Waals surface area contributed by atoms with Gasteiger partial charge in [-0.15, -0.1) is 12.6 Å². The average molecular weight is 138 g/mol. The van der Waals surface area contributed by atoms with Crippen LogP contribution < -0.4 is 0 Å². The van der Waals surface area contributed by atoms with Crippen molar-refractivity contribution < 1.29 is 12.6 Å². The Morgan fingerprint density at radius 1 is 1.00 bits per heavy atom. The van der Waals surface area contributed by atoms with Crippen molar-refractivity contribution in [3.05, 3.63) is 0 Å². The minimum atomic E-state index is -3.11. The van der Waals surface area contributed by atoms with Gasteiger partial charge in [0.05, 0.1) is 0 Å². The quantitative estimate of drug-likeness (QED) is 0.538. The Morgan fingerprint density at radius 3 is 1.12 bits per heavy atom. The van der Waals surface area contributed by atoms with Crippen LogP contribution in [0.1, 0.15) is 26.7 Å². The maximum atomic E-state index is 8.44. The third-order valence-corrected chi connectivity index (χ3v) is 0.500. The molecule has 0 atom stereocenters. The molecule has 0 unspecified atom stereocenters. The van der Waals surface area contributed by atoms with E-state index < -0.39 is 10.6 Å². The molecule has 0 saturated carbocycles. The first kappa shape index (κ1) is 10.6. The molecule has 50 valence electrons. The van der Waals surface area contributed by atoms with E-state index in [1.165, 1.54) is 12.8 Å². The van der Waals surface area contributed by atoms with E-state index >= 15 is 0 Å². The van der Waals surface area contributed by atoms with Gasteiger partial charge in [0, 0.05) is 0 Å². The van der Waals surface area contributed by atoms with Crippen LogP contribution in [-0.4, -0.2) is 12.6 Å². The zero-order valence-electron chi connectivity index (χ0n) is 5.05. The number of hydrogen-bond acceptors (Lipinski definition) is 3. The van der Waals surface area contributed by atoms with Gasteiger partial charge in [0.2, 0.25) is 0 Å². The molecule has 0 rings (SSSR count). The molecule has 0 radical (unpaired) electrons. The molecule has 0 aliphatic carbocycles. The van der Waals surface area contributed by atoms with Gasteiger partial charge in [-0.05, 0) is 0 Å². The molecule has 0 aliphatic heterocycles. The minimum Gasteiger partial charge on any atom is -0.142 e. The fourth-order valence-corrected chi connectivity index (χ4v) is 0. The lowest BCUT2D eigenvalue weighted by molar-refractivity contribution is 0.559. The highest BCUT2D eigenvalue weighted by Gasteiger charge is 1.56. The second kappa shape index (κ2) is 9.80. The normalized spacial score (nSPS) is 6.75. The van der Waals surface area contributed by atoms with Gasteiger partial charge >= 0.3 is 10.6 Å². The van der Waals surface area contributed by atoms with Gasteiger partial charge in [0.15, 0.2) is 0 Å². The van der Waals surface area contributed by atoms with E-state index in [4.69, 9.17) is 12.6 Å². The fraction of sp³-hybridized carbons (Fsp3) is 1.00. The van der Waals surface area contributed by atoms with E-state index in [9.17, 15) is 0 Å². The molecule has 0 aromatic carbocycles. The van der Waals surface area contributed by atoms with E-state index in [1.807, 2.05) is 0 Å². The van der Waals surface area contributed by atoms with E-state index in [-0.39, 0.29) is 0 Å². The Balaban J connectivity index is 0. The van der Waals surface area contributed by atoms with Crippen molar-refractivity contribution in [1.82, 2.24) is 0 Å². The Kier molecular flexibility index (Phi) is 12.9. The summed E-state index contributed by atoms with van der Waals surface area (Å²) < 4.78 is 25.3. The van der Waals surface area contributed by atoms with E-state index in [2.05, 4.69) is 13.8 Å². The molecule has 4 heteroatoms. The van der Waals surface area contributed by atoms with Gasteiger partial charge in [0.1, 0.15) is 0 Å². The molecule has 3 nitrogen and oxygen atoms in total. The molecule has 0 N–H and O–H groups in total. The maximum absolute atomic E-state index is 8.44. The molecule has 0 amide bonds. The smallest absolute Gasteiger partial charge is 0.142 e. The lowest BCUT2D eigenvalue weighted by atomic mass is 10.4. The second-order valence-corrected chi connectivity index (χ2v) is 1.61. The molecule has 0 heterocycles. The van der Waals surface area contributed by atoms with Crippen LogP contribution in [0.15, 0.2) is 0 Å². The standard InChI is InChI=1S/C4H10.O3S/c1-3-4-2;1-4(2)3/h3-4H2,1-2H3;. The van der Waals surface area contributed by atoms with Crippen molar-refractivity contribution >= 4 is 10.6 Å². The molecule has 8 heavy (non-hydrogen) atoms. The first-order chi connectivity index (χ1) is 3.65. The zero-order valence-corrected chi connectivity index (χ0v) is 5.86. The summed E-state index contributed by atoms with van der Waals surface area (Å²) in [4.78, 5) is 0. The fourth-order valence-electron chi connectivity index (χ4n) is 0. The predicted octanol–water partition coefficient (Wildman–Crippen LogP) is 0.802. The SMILES string of the molecule is CCCC.O=S(=O)=O. The Labute approximate surface area is 50.8 Å². The third-order valence-electron chi connectivity index (χ3n) is 0.500. The van der Waals surface area contributed by atoms with E-state index in [0.717, 1.165) is 0 Å². The lowest BCUT2D eigenvalue weighted by Gasteiger charge is -1.68. The van der Waals surface area contributed by atoms with Crippen LogP contribution in [0.4, 0.5) is 0 Å². The number of rotatable bonds is 1. The molecule has 0 aliphatic rings. The topological polar surface area (TPSA) is 51.2 Å². The molecule has 0 aromatic heterocycles. The first-order valence-corrected chi connectivity index (χ1v) is 3.41. The van der Waals surface area contributed by atoms with Crippen LogP contribution in [0, 0.1) is 0 Å². The van der Waals surface area contributed by atoms with Crippen LogP contribution in [-0.2, 0) is 10.6 Å². The van der Waals surface area contributed by atoms with Gasteiger partial charge in [-0.1, -0.05) is 26.7 Å². The van der Waals surface area contributed by atoms with Crippen molar-refractivity contribution in [3.8, 4) is 0 Å². The average Bonchev–Trinajstić information content (AvgIpc) is 1.65. The van der Waals surface area contributed by atoms with Gasteiger partial charge < -0.3 is 0 Å². The van der Waals surface area contributed by atoms with Crippen molar-refractivity contribution in [2.24, 2.45) is 0 Å². The minimum absolute atomic E-state index is 1.32. The molecule has 0 saturated heterocycles. The highest BCUT2D eigenvalue weighted by Crippen LogP contribution is 1.76. The maximum Gasteiger partial charge on any atom is 0.425 e. The molecular formula is C4H10O3S. The summed E-state index contributed by atoms with van der Waals surface area (Å²) in [6.07, 6.45) is 2.64. The summed E-state index contributed by atoms with van der Waals surface area (Å²) >= 11 is 0. The van der Waals surface area contributed by atoms with Crippen molar-refractivity contribution in [3.63, 3.8) is 0 Å². The summed E-state index contributed by atoms with van der Waals surface area (Å²) in [5, 5.41) is 0. The van der Waals surface area contributed by atoms with E-state index in [0.29, 0.717) is 0 Å². The predicted molar refractivity (Wildman–Crippen MR) is 30.3 cm³/mol. The van der Waals surface area contributed by atoms with Crippen LogP contribution in [0.3, 0.4) is 0 Å². The van der Waals surface area contributed by atoms with Crippen molar-refractivity contribution in [2.75, 3.05) is 0 Å². The van der Waals surface area contributed by atoms with Crippen LogP contribution >= 0.6 is 0 Å². The van der Waals surface area contributed by atoms with Gasteiger partial charge in [-0.2, -0.15) is 0 Å². The Hall–Kier alpha value is -0.380. The summed E-state index contributed by atoms with van der Waals surface area (Å²) in [5.74, 6) is 0. The van der Waals surface area contributed by atoms with Crippen LogP contribution in [0.2, 0.25) is 0 Å². The first-order valence-electron chi connectivity index (χ1n) is 2.41. The third kappa shape index (κ3) is 312. The second-order valence-electron chi connectivity index (χ2n) is 1.20. The monoisotopic (exact) mass is 138 g/mol. The van der Waals surface area contributed by atoms with Crippen LogP contribution in [0.25, 0.3) is 0 Å². The molecule has 0 fully saturated rings. The highest BCUT2D eigenvalue weighted by molar-refractivity contribution is 7.59. The molecule has 0 bridgehead atoms. The summed E-state index contributed by atoms with van der Waals surface area (Å²) in [5.41, 5.74) is 0. The van der Waals surface area contributed by atoms with E-state index in [1.54, 1.807) is 0 Å². The van der Waals surface area contributed by atoms with Crippen molar-refractivity contribution in [1.29, 1.82) is 0 Å². The summed E-state index contributed by atoms with van der Waals surface area (Å²) in [6, 6.07) is 0. The number of unbranched alkanes of at least 4 members (excludes halogenated alkanes) is 1. The number of hydrogen-bond donors (Lipinski definition) is 0. The van der Waals surface area contributed by atoms with Crippen LogP contribution in [0.5, 0.6) is 0 Å². The zero-order chi connectivity index (χ0) is 6.99. The van der Waals surface area contributed by atoms with Gasteiger partial charge in [-0.25, -0.2) is 0 Å². The molecule has 0 aromatic rings. The molecule has 0 spiro atoms. The summed E-state index contributed by atoms with van der Waals surface area (Å²) in [7, 11) is -3.11. The Bertz CT molecular complexity index is 100. The molecular weight excluding hydrogens is 128 g/mol. The van der Waals surface area contributed by atoms with Gasteiger partial charge in [-0.3, -0.25) is 0 Å². The van der Waals surface area contributed by atoms with Crippen molar-refractivity contribution in [2.45, 2.75) is 26.7 Å².